The summed E-state index contributed by atoms with van der Waals surface area (Å²) in [6.07, 6.45) is 0.402. The summed E-state index contributed by atoms with van der Waals surface area (Å²) < 4.78 is 0. The number of aryl methyl sites for hydroxylation is 2. The molecule has 0 unspecified atom stereocenters. The van der Waals surface area contributed by atoms with Crippen molar-refractivity contribution < 1.29 is 14.5 Å². The van der Waals surface area contributed by atoms with Crippen molar-refractivity contribution in [3.05, 3.63) is 55.8 Å². The summed E-state index contributed by atoms with van der Waals surface area (Å²) in [7, 11) is 0. The number of rotatable bonds is 6. The third-order valence-corrected chi connectivity index (χ3v) is 5.92. The van der Waals surface area contributed by atoms with Crippen molar-refractivity contribution in [3.63, 3.8) is 0 Å². The van der Waals surface area contributed by atoms with Crippen molar-refractivity contribution in [2.75, 3.05) is 31.1 Å². The number of benzene rings is 1. The first kappa shape index (κ1) is 20.0. The van der Waals surface area contributed by atoms with Crippen molar-refractivity contribution >= 4 is 34.4 Å². The van der Waals surface area contributed by atoms with E-state index in [1.165, 1.54) is 6.07 Å². The number of anilines is 1. The SMILES string of the molecule is Cc1cc(C(=O)CCC(=O)N2CCN(c3ccccc3[N+](=O)[O-])CC2)c(C)s1. The van der Waals surface area contributed by atoms with Gasteiger partial charge in [-0.15, -0.1) is 11.3 Å². The van der Waals surface area contributed by atoms with E-state index in [2.05, 4.69) is 0 Å². The van der Waals surface area contributed by atoms with Gasteiger partial charge in [0.05, 0.1) is 4.92 Å². The average Bonchev–Trinajstić information content (AvgIpc) is 3.04. The largest absolute Gasteiger partial charge is 0.362 e. The third kappa shape index (κ3) is 4.39. The molecule has 0 N–H and O–H groups in total. The molecule has 0 atom stereocenters. The van der Waals surface area contributed by atoms with Crippen LogP contribution in [0.25, 0.3) is 0 Å². The molecule has 8 heteroatoms. The Hall–Kier alpha value is -2.74. The Morgan fingerprint density at radius 2 is 1.79 bits per heavy atom. The predicted molar refractivity (Wildman–Crippen MR) is 109 cm³/mol. The number of amides is 1. The molecule has 1 amide bonds. The fraction of sp³-hybridized carbons (Fsp3) is 0.400. The Balaban J connectivity index is 1.54. The molecule has 2 aromatic rings. The van der Waals surface area contributed by atoms with Gasteiger partial charge in [0.15, 0.2) is 5.78 Å². The van der Waals surface area contributed by atoms with E-state index in [-0.39, 0.29) is 35.1 Å². The number of carbonyl (C=O) groups excluding carboxylic acids is 2. The molecule has 148 valence electrons. The smallest absolute Gasteiger partial charge is 0.292 e. The molecule has 0 aliphatic carbocycles. The van der Waals surface area contributed by atoms with E-state index in [1.54, 1.807) is 34.4 Å². The normalized spacial score (nSPS) is 14.2. The van der Waals surface area contributed by atoms with Gasteiger partial charge in [0.1, 0.15) is 5.69 Å². The van der Waals surface area contributed by atoms with Crippen LogP contribution >= 0.6 is 11.3 Å². The second-order valence-electron chi connectivity index (χ2n) is 6.86. The van der Waals surface area contributed by atoms with Crippen LogP contribution in [0.1, 0.15) is 33.0 Å². The van der Waals surface area contributed by atoms with Crippen LogP contribution in [0, 0.1) is 24.0 Å². The summed E-state index contributed by atoms with van der Waals surface area (Å²) in [4.78, 5) is 41.5. The van der Waals surface area contributed by atoms with Crippen molar-refractivity contribution in [1.82, 2.24) is 4.90 Å². The van der Waals surface area contributed by atoms with Crippen LogP contribution in [0.3, 0.4) is 0 Å². The molecule has 1 fully saturated rings. The maximum atomic E-state index is 12.5. The lowest BCUT2D eigenvalue weighted by Gasteiger charge is -2.35. The zero-order valence-corrected chi connectivity index (χ0v) is 16.8. The van der Waals surface area contributed by atoms with Crippen molar-refractivity contribution in [2.24, 2.45) is 0 Å². The molecule has 1 aliphatic heterocycles. The minimum Gasteiger partial charge on any atom is -0.362 e. The predicted octanol–water partition coefficient (Wildman–Crippen LogP) is 3.58. The van der Waals surface area contributed by atoms with E-state index in [0.717, 1.165) is 15.3 Å². The summed E-state index contributed by atoms with van der Waals surface area (Å²) in [5.74, 6) is -0.0334. The molecular weight excluding hydrogens is 378 g/mol. The van der Waals surface area contributed by atoms with Crippen LogP contribution in [0.15, 0.2) is 30.3 Å². The topological polar surface area (TPSA) is 83.8 Å². The highest BCUT2D eigenvalue weighted by Crippen LogP contribution is 2.28. The molecular formula is C20H23N3O4S. The third-order valence-electron chi connectivity index (χ3n) is 4.96. The van der Waals surface area contributed by atoms with Crippen molar-refractivity contribution in [1.29, 1.82) is 0 Å². The van der Waals surface area contributed by atoms with Crippen LogP contribution < -0.4 is 4.90 Å². The monoisotopic (exact) mass is 401 g/mol. The number of thiophene rings is 1. The Morgan fingerprint density at radius 1 is 1.11 bits per heavy atom. The van der Waals surface area contributed by atoms with E-state index in [9.17, 15) is 19.7 Å². The summed E-state index contributed by atoms with van der Waals surface area (Å²) in [6, 6.07) is 8.54. The second kappa shape index (κ2) is 8.52. The van der Waals surface area contributed by atoms with Crippen molar-refractivity contribution in [3.8, 4) is 0 Å². The number of carbonyl (C=O) groups is 2. The number of ketones is 1. The van der Waals surface area contributed by atoms with Gasteiger partial charge in [-0.1, -0.05) is 12.1 Å². The van der Waals surface area contributed by atoms with Crippen molar-refractivity contribution in [2.45, 2.75) is 26.7 Å². The van der Waals surface area contributed by atoms with Gasteiger partial charge in [0, 0.05) is 60.4 Å². The summed E-state index contributed by atoms with van der Waals surface area (Å²) in [6.45, 7) is 5.96. The molecule has 7 nitrogen and oxygen atoms in total. The Kier molecular flexibility index (Phi) is 6.08. The van der Waals surface area contributed by atoms with Gasteiger partial charge in [-0.05, 0) is 26.0 Å². The number of nitro benzene ring substituents is 1. The number of Topliss-reactive ketones (excluding diaryl/α,β-unsaturated/α-hetero) is 1. The molecule has 3 rings (SSSR count). The van der Waals surface area contributed by atoms with E-state index in [4.69, 9.17) is 0 Å². The molecule has 0 saturated carbocycles. The lowest BCUT2D eigenvalue weighted by Crippen LogP contribution is -2.49. The molecule has 1 saturated heterocycles. The Bertz CT molecular complexity index is 901. The first-order valence-electron chi connectivity index (χ1n) is 9.23. The standard InChI is InChI=1S/C20H23N3O4S/c1-14-13-16(15(2)28-14)19(24)7-8-20(25)22-11-9-21(10-12-22)17-5-3-4-6-18(17)23(26)27/h3-6,13H,7-12H2,1-2H3. The molecule has 0 spiro atoms. The van der Waals surface area contributed by atoms with E-state index >= 15 is 0 Å². The van der Waals surface area contributed by atoms with Gasteiger partial charge in [-0.3, -0.25) is 19.7 Å². The average molecular weight is 401 g/mol. The first-order chi connectivity index (χ1) is 13.4. The van der Waals surface area contributed by atoms with Crippen LogP contribution in [0.2, 0.25) is 0 Å². The molecule has 1 aliphatic rings. The number of piperazine rings is 1. The number of hydrogen-bond acceptors (Lipinski definition) is 6. The van der Waals surface area contributed by atoms with Gasteiger partial charge in [-0.2, -0.15) is 0 Å². The lowest BCUT2D eigenvalue weighted by atomic mass is 10.1. The number of nitro groups is 1. The Morgan fingerprint density at radius 3 is 2.39 bits per heavy atom. The van der Waals surface area contributed by atoms with Crippen LogP contribution in [0.4, 0.5) is 11.4 Å². The second-order valence-corrected chi connectivity index (χ2v) is 8.32. The van der Waals surface area contributed by atoms with Gasteiger partial charge < -0.3 is 9.80 Å². The van der Waals surface area contributed by atoms with Crippen LogP contribution in [-0.2, 0) is 4.79 Å². The van der Waals surface area contributed by atoms with Gasteiger partial charge >= 0.3 is 0 Å². The van der Waals surface area contributed by atoms with Crippen LogP contribution in [-0.4, -0.2) is 47.7 Å². The maximum Gasteiger partial charge on any atom is 0.292 e. The molecule has 0 bridgehead atoms. The Labute approximate surface area is 167 Å². The fourth-order valence-electron chi connectivity index (χ4n) is 3.50. The highest BCUT2D eigenvalue weighted by Gasteiger charge is 2.25. The zero-order valence-electron chi connectivity index (χ0n) is 16.0. The molecule has 0 radical (unpaired) electrons. The number of nitrogens with zero attached hydrogens (tertiary/aromatic N) is 3. The highest BCUT2D eigenvalue weighted by atomic mass is 32.1. The van der Waals surface area contributed by atoms with Gasteiger partial charge in [0.25, 0.3) is 5.69 Å². The van der Waals surface area contributed by atoms with Gasteiger partial charge in [-0.25, -0.2) is 0 Å². The molecule has 1 aromatic heterocycles. The highest BCUT2D eigenvalue weighted by molar-refractivity contribution is 7.12. The minimum absolute atomic E-state index is 0.00810. The summed E-state index contributed by atoms with van der Waals surface area (Å²) in [5, 5.41) is 11.2. The lowest BCUT2D eigenvalue weighted by molar-refractivity contribution is -0.384. The minimum atomic E-state index is -0.382. The zero-order chi connectivity index (χ0) is 20.3. The van der Waals surface area contributed by atoms with E-state index in [1.807, 2.05) is 24.8 Å². The van der Waals surface area contributed by atoms with Gasteiger partial charge in [0.2, 0.25) is 5.91 Å². The fourth-order valence-corrected chi connectivity index (χ4v) is 4.45. The number of para-hydroxylation sites is 2. The molecule has 1 aromatic carbocycles. The summed E-state index contributed by atoms with van der Waals surface area (Å²) in [5.41, 5.74) is 1.38. The van der Waals surface area contributed by atoms with Crippen LogP contribution in [0.5, 0.6) is 0 Å². The van der Waals surface area contributed by atoms with E-state index < -0.39 is 0 Å². The quantitative estimate of drug-likeness (QED) is 0.420. The first-order valence-corrected chi connectivity index (χ1v) is 10.0. The molecule has 28 heavy (non-hydrogen) atoms. The summed E-state index contributed by atoms with van der Waals surface area (Å²) >= 11 is 1.59. The maximum absolute atomic E-state index is 12.5. The van der Waals surface area contributed by atoms with E-state index in [0.29, 0.717) is 31.9 Å². The number of hydrogen-bond donors (Lipinski definition) is 0. The molecule has 2 heterocycles.